The van der Waals surface area contributed by atoms with Gasteiger partial charge in [0.25, 0.3) is 0 Å². The molecule has 1 heterocycles. The van der Waals surface area contributed by atoms with Crippen LogP contribution >= 0.6 is 0 Å². The normalized spacial score (nSPS) is 10.5. The fraction of sp³-hybridized carbons (Fsp3) is 0.300. The number of nitrogens with two attached hydrogens (primary N) is 1. The largest absolute Gasteiger partial charge is 0.396 e. The van der Waals surface area contributed by atoms with E-state index >= 15 is 0 Å². The second kappa shape index (κ2) is 3.36. The summed E-state index contributed by atoms with van der Waals surface area (Å²) >= 11 is 0. The molecule has 1 aromatic heterocycles. The maximum Gasteiger partial charge on any atom is 0.0927 e. The van der Waals surface area contributed by atoms with Gasteiger partial charge in [0.1, 0.15) is 0 Å². The standard InChI is InChI=1S/C10H13N3/c1-4-10(2,3)13-9-5-6-12-7-8(9)11/h1,5-7H,11H2,2-3H3,(H,12,13). The van der Waals surface area contributed by atoms with E-state index in [0.29, 0.717) is 5.69 Å². The Morgan fingerprint density at radius 2 is 2.31 bits per heavy atom. The van der Waals surface area contributed by atoms with E-state index < -0.39 is 5.54 Å². The predicted molar refractivity (Wildman–Crippen MR) is 55.2 cm³/mol. The Morgan fingerprint density at radius 3 is 2.85 bits per heavy atom. The van der Waals surface area contributed by atoms with Crippen molar-refractivity contribution in [3.05, 3.63) is 18.5 Å². The van der Waals surface area contributed by atoms with Gasteiger partial charge in [0, 0.05) is 6.20 Å². The summed E-state index contributed by atoms with van der Waals surface area (Å²) in [6, 6.07) is 1.80. The van der Waals surface area contributed by atoms with Crippen LogP contribution in [0, 0.1) is 12.3 Å². The third-order valence-corrected chi connectivity index (χ3v) is 1.66. The molecule has 0 aliphatic rings. The van der Waals surface area contributed by atoms with Gasteiger partial charge in [0.2, 0.25) is 0 Å². The lowest BCUT2D eigenvalue weighted by atomic mass is 10.1. The van der Waals surface area contributed by atoms with Crippen molar-refractivity contribution < 1.29 is 0 Å². The maximum atomic E-state index is 5.69. The van der Waals surface area contributed by atoms with Crippen LogP contribution in [0.3, 0.4) is 0 Å². The van der Waals surface area contributed by atoms with Gasteiger partial charge >= 0.3 is 0 Å². The molecular formula is C10H13N3. The number of terminal acetylenes is 1. The lowest BCUT2D eigenvalue weighted by Crippen LogP contribution is -2.28. The summed E-state index contributed by atoms with van der Waals surface area (Å²) < 4.78 is 0. The molecule has 0 radical (unpaired) electrons. The average Bonchev–Trinajstić information content (AvgIpc) is 2.09. The Labute approximate surface area is 78.4 Å². The molecular weight excluding hydrogens is 162 g/mol. The van der Waals surface area contributed by atoms with Crippen molar-refractivity contribution in [3.63, 3.8) is 0 Å². The Hall–Kier alpha value is -1.69. The molecule has 0 aromatic carbocycles. The van der Waals surface area contributed by atoms with Gasteiger partial charge in [-0.25, -0.2) is 0 Å². The Morgan fingerprint density at radius 1 is 1.62 bits per heavy atom. The number of nitrogens with one attached hydrogen (secondary N) is 1. The monoisotopic (exact) mass is 175 g/mol. The van der Waals surface area contributed by atoms with Gasteiger partial charge in [-0.3, -0.25) is 4.98 Å². The molecule has 3 nitrogen and oxygen atoms in total. The molecule has 3 heteroatoms. The fourth-order valence-corrected chi connectivity index (χ4v) is 0.893. The highest BCUT2D eigenvalue weighted by molar-refractivity contribution is 5.65. The topological polar surface area (TPSA) is 50.9 Å². The molecule has 0 atom stereocenters. The van der Waals surface area contributed by atoms with Gasteiger partial charge in [-0.05, 0) is 19.9 Å². The van der Waals surface area contributed by atoms with E-state index in [1.165, 1.54) is 0 Å². The van der Waals surface area contributed by atoms with Crippen molar-refractivity contribution in [1.82, 2.24) is 4.98 Å². The van der Waals surface area contributed by atoms with Crippen molar-refractivity contribution in [2.45, 2.75) is 19.4 Å². The third-order valence-electron chi connectivity index (χ3n) is 1.66. The second-order valence-corrected chi connectivity index (χ2v) is 3.36. The number of nitrogen functional groups attached to an aromatic ring is 1. The van der Waals surface area contributed by atoms with E-state index in [1.807, 2.05) is 13.8 Å². The summed E-state index contributed by atoms with van der Waals surface area (Å²) in [6.07, 6.45) is 8.60. The molecule has 3 N–H and O–H groups in total. The van der Waals surface area contributed by atoms with E-state index in [2.05, 4.69) is 16.2 Å². The first-order chi connectivity index (χ1) is 6.05. The minimum absolute atomic E-state index is 0.393. The zero-order valence-corrected chi connectivity index (χ0v) is 7.83. The maximum absolute atomic E-state index is 5.69. The average molecular weight is 175 g/mol. The number of hydrogen-bond acceptors (Lipinski definition) is 3. The van der Waals surface area contributed by atoms with Crippen LogP contribution in [0.1, 0.15) is 13.8 Å². The summed E-state index contributed by atoms with van der Waals surface area (Å²) in [7, 11) is 0. The number of aromatic nitrogens is 1. The number of anilines is 2. The molecule has 0 unspecified atom stereocenters. The zero-order chi connectivity index (χ0) is 9.90. The number of hydrogen-bond donors (Lipinski definition) is 2. The Bertz CT molecular complexity index is 336. The van der Waals surface area contributed by atoms with E-state index in [-0.39, 0.29) is 0 Å². The first-order valence-corrected chi connectivity index (χ1v) is 4.00. The SMILES string of the molecule is C#CC(C)(C)Nc1ccncc1N. The highest BCUT2D eigenvalue weighted by atomic mass is 15.0. The van der Waals surface area contributed by atoms with Crippen LogP contribution in [0.2, 0.25) is 0 Å². The summed E-state index contributed by atoms with van der Waals surface area (Å²) in [5.41, 5.74) is 6.72. The van der Waals surface area contributed by atoms with Crippen molar-refractivity contribution in [1.29, 1.82) is 0 Å². The molecule has 0 spiro atoms. The quantitative estimate of drug-likeness (QED) is 0.669. The second-order valence-electron chi connectivity index (χ2n) is 3.36. The van der Waals surface area contributed by atoms with Crippen LogP contribution < -0.4 is 11.1 Å². The molecule has 13 heavy (non-hydrogen) atoms. The zero-order valence-electron chi connectivity index (χ0n) is 7.83. The Kier molecular flexibility index (Phi) is 2.43. The lowest BCUT2D eigenvalue weighted by molar-refractivity contribution is 0.742. The molecule has 0 bridgehead atoms. The van der Waals surface area contributed by atoms with Crippen molar-refractivity contribution >= 4 is 11.4 Å². The highest BCUT2D eigenvalue weighted by Gasteiger charge is 2.13. The number of nitrogens with zero attached hydrogens (tertiary/aromatic N) is 1. The van der Waals surface area contributed by atoms with Crippen LogP contribution in [0.25, 0.3) is 0 Å². The highest BCUT2D eigenvalue weighted by Crippen LogP contribution is 2.19. The molecule has 1 aromatic rings. The smallest absolute Gasteiger partial charge is 0.0927 e. The van der Waals surface area contributed by atoms with E-state index in [4.69, 9.17) is 12.2 Å². The van der Waals surface area contributed by atoms with Gasteiger partial charge in [-0.15, -0.1) is 6.42 Å². The lowest BCUT2D eigenvalue weighted by Gasteiger charge is -2.21. The van der Waals surface area contributed by atoms with E-state index in [1.54, 1.807) is 18.5 Å². The van der Waals surface area contributed by atoms with Gasteiger partial charge in [-0.2, -0.15) is 0 Å². The molecule has 68 valence electrons. The van der Waals surface area contributed by atoms with Gasteiger partial charge < -0.3 is 11.1 Å². The van der Waals surface area contributed by atoms with Gasteiger partial charge in [0.15, 0.2) is 0 Å². The predicted octanol–water partition coefficient (Wildman–Crippen LogP) is 1.49. The molecule has 0 fully saturated rings. The van der Waals surface area contributed by atoms with Crippen LogP contribution in [0.5, 0.6) is 0 Å². The molecule has 1 rings (SSSR count). The van der Waals surface area contributed by atoms with Gasteiger partial charge in [0.05, 0.1) is 23.1 Å². The van der Waals surface area contributed by atoms with Gasteiger partial charge in [-0.1, -0.05) is 5.92 Å². The van der Waals surface area contributed by atoms with Crippen molar-refractivity contribution in [2.75, 3.05) is 11.1 Å². The molecule has 0 aliphatic heterocycles. The van der Waals surface area contributed by atoms with Crippen LogP contribution in [-0.4, -0.2) is 10.5 Å². The first kappa shape index (κ1) is 9.40. The first-order valence-electron chi connectivity index (χ1n) is 4.00. The number of rotatable bonds is 2. The number of pyridine rings is 1. The van der Waals surface area contributed by atoms with E-state index in [9.17, 15) is 0 Å². The van der Waals surface area contributed by atoms with E-state index in [0.717, 1.165) is 5.69 Å². The van der Waals surface area contributed by atoms with Crippen LogP contribution in [0.15, 0.2) is 18.5 Å². The fourth-order valence-electron chi connectivity index (χ4n) is 0.893. The molecule has 0 aliphatic carbocycles. The van der Waals surface area contributed by atoms with Crippen LogP contribution in [0.4, 0.5) is 11.4 Å². The molecule has 0 saturated heterocycles. The summed E-state index contributed by atoms with van der Waals surface area (Å²) in [5.74, 6) is 2.63. The third kappa shape index (κ3) is 2.38. The van der Waals surface area contributed by atoms with Crippen molar-refractivity contribution in [2.24, 2.45) is 0 Å². The summed E-state index contributed by atoms with van der Waals surface area (Å²) in [6.45, 7) is 3.82. The summed E-state index contributed by atoms with van der Waals surface area (Å²) in [5, 5.41) is 3.14. The van der Waals surface area contributed by atoms with Crippen molar-refractivity contribution in [3.8, 4) is 12.3 Å². The molecule has 0 amide bonds. The Balaban J connectivity index is 2.88. The van der Waals surface area contributed by atoms with Crippen LogP contribution in [-0.2, 0) is 0 Å². The summed E-state index contributed by atoms with van der Waals surface area (Å²) in [4.78, 5) is 3.88. The minimum atomic E-state index is -0.393. The minimum Gasteiger partial charge on any atom is -0.396 e. The molecule has 0 saturated carbocycles.